The van der Waals surface area contributed by atoms with Crippen LogP contribution in [0.5, 0.6) is 5.88 Å². The maximum atomic E-state index is 12.4. The Bertz CT molecular complexity index is 855. The van der Waals surface area contributed by atoms with Crippen molar-refractivity contribution in [3.05, 3.63) is 46.1 Å². The van der Waals surface area contributed by atoms with E-state index >= 15 is 0 Å². The van der Waals surface area contributed by atoms with E-state index in [2.05, 4.69) is 16.9 Å². The standard InChI is InChI=1S/C21H26ClN3O3S/c1-5-8-17-14(4)19(28-21(27)25(6-2)7-3)24-20(23-17)29-13-18(26)15-9-11-16(22)12-10-15/h9-12H,5-8,13H2,1-4H3. The van der Waals surface area contributed by atoms with Crippen molar-refractivity contribution < 1.29 is 14.3 Å². The van der Waals surface area contributed by atoms with E-state index in [0.29, 0.717) is 28.8 Å². The highest BCUT2D eigenvalue weighted by atomic mass is 35.5. The highest BCUT2D eigenvalue weighted by Gasteiger charge is 2.19. The molecule has 2 rings (SSSR count). The number of ketones is 1. The zero-order valence-corrected chi connectivity index (χ0v) is 18.8. The number of thioether (sulfide) groups is 1. The van der Waals surface area contributed by atoms with Crippen LogP contribution < -0.4 is 4.74 Å². The van der Waals surface area contributed by atoms with Crippen molar-refractivity contribution >= 4 is 35.2 Å². The second-order valence-corrected chi connectivity index (χ2v) is 7.77. The van der Waals surface area contributed by atoms with Gasteiger partial charge in [-0.25, -0.2) is 9.78 Å². The number of Topliss-reactive ketones (excluding diaryl/α,β-unsaturated/α-hetero) is 1. The Kier molecular flexibility index (Phi) is 8.92. The summed E-state index contributed by atoms with van der Waals surface area (Å²) in [6.07, 6.45) is 1.20. The van der Waals surface area contributed by atoms with Gasteiger partial charge < -0.3 is 9.64 Å². The Morgan fingerprint density at radius 1 is 1.10 bits per heavy atom. The van der Waals surface area contributed by atoms with Crippen LogP contribution in [-0.2, 0) is 6.42 Å². The molecule has 0 radical (unpaired) electrons. The molecule has 29 heavy (non-hydrogen) atoms. The summed E-state index contributed by atoms with van der Waals surface area (Å²) < 4.78 is 5.54. The highest BCUT2D eigenvalue weighted by Crippen LogP contribution is 2.25. The lowest BCUT2D eigenvalue weighted by molar-refractivity contribution is 0.102. The molecule has 156 valence electrons. The predicted molar refractivity (Wildman–Crippen MR) is 116 cm³/mol. The van der Waals surface area contributed by atoms with E-state index < -0.39 is 6.09 Å². The smallest absolute Gasteiger partial charge is 0.391 e. The molecular formula is C21H26ClN3O3S. The molecule has 0 saturated carbocycles. The number of aryl methyl sites for hydroxylation is 1. The maximum Gasteiger partial charge on any atom is 0.416 e. The highest BCUT2D eigenvalue weighted by molar-refractivity contribution is 7.99. The van der Waals surface area contributed by atoms with Crippen LogP contribution in [-0.4, -0.2) is 45.6 Å². The summed E-state index contributed by atoms with van der Waals surface area (Å²) in [6.45, 7) is 8.80. The number of rotatable bonds is 9. The summed E-state index contributed by atoms with van der Waals surface area (Å²) in [4.78, 5) is 35.3. The fraction of sp³-hybridized carbons (Fsp3) is 0.429. The van der Waals surface area contributed by atoms with Crippen molar-refractivity contribution in [2.45, 2.75) is 45.7 Å². The quantitative estimate of drug-likeness (QED) is 0.306. The second kappa shape index (κ2) is 11.2. The first-order valence-electron chi connectivity index (χ1n) is 9.65. The minimum absolute atomic E-state index is 0.0467. The molecule has 0 N–H and O–H groups in total. The number of ether oxygens (including phenoxy) is 1. The molecule has 0 unspecified atom stereocenters. The van der Waals surface area contributed by atoms with E-state index in [1.165, 1.54) is 11.8 Å². The van der Waals surface area contributed by atoms with Crippen LogP contribution in [0.4, 0.5) is 4.79 Å². The van der Waals surface area contributed by atoms with Crippen LogP contribution in [0.1, 0.15) is 48.8 Å². The number of carbonyl (C=O) groups is 2. The van der Waals surface area contributed by atoms with E-state index in [1.807, 2.05) is 20.8 Å². The minimum Gasteiger partial charge on any atom is -0.391 e. The molecule has 0 aliphatic rings. The largest absolute Gasteiger partial charge is 0.416 e. The van der Waals surface area contributed by atoms with Gasteiger partial charge in [-0.15, -0.1) is 0 Å². The summed E-state index contributed by atoms with van der Waals surface area (Å²) in [5.74, 6) is 0.385. The van der Waals surface area contributed by atoms with Gasteiger partial charge in [0.2, 0.25) is 5.88 Å². The lowest BCUT2D eigenvalue weighted by atomic mass is 10.1. The van der Waals surface area contributed by atoms with Crippen molar-refractivity contribution in [1.82, 2.24) is 14.9 Å². The molecule has 0 spiro atoms. The van der Waals surface area contributed by atoms with Crippen LogP contribution in [0.2, 0.25) is 5.02 Å². The van der Waals surface area contributed by atoms with Gasteiger partial charge in [-0.2, -0.15) is 4.98 Å². The number of hydrogen-bond donors (Lipinski definition) is 0. The van der Waals surface area contributed by atoms with Gasteiger partial charge in [-0.05, 0) is 51.5 Å². The molecule has 8 heteroatoms. The number of hydrogen-bond acceptors (Lipinski definition) is 6. The number of benzene rings is 1. The third-order valence-corrected chi connectivity index (χ3v) is 5.47. The molecule has 0 aliphatic carbocycles. The van der Waals surface area contributed by atoms with Gasteiger partial charge in [0.05, 0.1) is 11.4 Å². The van der Waals surface area contributed by atoms with Gasteiger partial charge in [-0.1, -0.05) is 36.7 Å². The number of aromatic nitrogens is 2. The fourth-order valence-electron chi connectivity index (χ4n) is 2.64. The third kappa shape index (κ3) is 6.44. The molecule has 0 aliphatic heterocycles. The summed E-state index contributed by atoms with van der Waals surface area (Å²) in [5, 5.41) is 1.00. The zero-order valence-electron chi connectivity index (χ0n) is 17.2. The zero-order chi connectivity index (χ0) is 21.4. The Morgan fingerprint density at radius 2 is 1.76 bits per heavy atom. The van der Waals surface area contributed by atoms with Gasteiger partial charge in [0.25, 0.3) is 0 Å². The van der Waals surface area contributed by atoms with Crippen LogP contribution in [0.3, 0.4) is 0 Å². The van der Waals surface area contributed by atoms with Crippen molar-refractivity contribution in [3.8, 4) is 5.88 Å². The average Bonchev–Trinajstić information content (AvgIpc) is 2.71. The van der Waals surface area contributed by atoms with Crippen molar-refractivity contribution in [1.29, 1.82) is 0 Å². The molecule has 0 fully saturated rings. The third-order valence-electron chi connectivity index (χ3n) is 4.37. The predicted octanol–water partition coefficient (Wildman–Crippen LogP) is 5.21. The molecule has 0 atom stereocenters. The molecule has 1 heterocycles. The molecule has 6 nitrogen and oxygen atoms in total. The fourth-order valence-corrected chi connectivity index (χ4v) is 3.52. The molecule has 0 saturated heterocycles. The number of amides is 1. The molecule has 0 bridgehead atoms. The molecule has 1 aromatic carbocycles. The van der Waals surface area contributed by atoms with Crippen LogP contribution >= 0.6 is 23.4 Å². The Morgan fingerprint density at radius 3 is 2.34 bits per heavy atom. The molecule has 2 aromatic rings. The number of nitrogens with zero attached hydrogens (tertiary/aromatic N) is 3. The summed E-state index contributed by atoms with van der Waals surface area (Å²) in [7, 11) is 0. The maximum absolute atomic E-state index is 12.4. The summed E-state index contributed by atoms with van der Waals surface area (Å²) in [6, 6.07) is 6.76. The van der Waals surface area contributed by atoms with Crippen LogP contribution in [0.25, 0.3) is 0 Å². The van der Waals surface area contributed by atoms with Crippen molar-refractivity contribution in [2.75, 3.05) is 18.8 Å². The van der Waals surface area contributed by atoms with Gasteiger partial charge in [0.1, 0.15) is 0 Å². The van der Waals surface area contributed by atoms with Crippen LogP contribution in [0, 0.1) is 6.92 Å². The van der Waals surface area contributed by atoms with E-state index in [1.54, 1.807) is 29.2 Å². The Labute approximate surface area is 181 Å². The van der Waals surface area contributed by atoms with E-state index in [4.69, 9.17) is 16.3 Å². The SMILES string of the molecule is CCCc1nc(SCC(=O)c2ccc(Cl)cc2)nc(OC(=O)N(CC)CC)c1C. The van der Waals surface area contributed by atoms with Gasteiger partial charge >= 0.3 is 6.09 Å². The van der Waals surface area contributed by atoms with E-state index in [-0.39, 0.29) is 17.4 Å². The lowest BCUT2D eigenvalue weighted by Crippen LogP contribution is -2.33. The first-order valence-corrected chi connectivity index (χ1v) is 11.0. The average molecular weight is 436 g/mol. The number of halogens is 1. The van der Waals surface area contributed by atoms with Crippen molar-refractivity contribution in [3.63, 3.8) is 0 Å². The van der Waals surface area contributed by atoms with E-state index in [0.717, 1.165) is 24.1 Å². The Hall–Kier alpha value is -2.12. The summed E-state index contributed by atoms with van der Waals surface area (Å²) in [5.41, 5.74) is 2.16. The molecule has 1 amide bonds. The van der Waals surface area contributed by atoms with Gasteiger partial charge in [0, 0.05) is 29.2 Å². The van der Waals surface area contributed by atoms with Crippen LogP contribution in [0.15, 0.2) is 29.4 Å². The first kappa shape index (κ1) is 23.2. The molecule has 1 aromatic heterocycles. The summed E-state index contributed by atoms with van der Waals surface area (Å²) >= 11 is 7.10. The Balaban J connectivity index is 2.20. The lowest BCUT2D eigenvalue weighted by Gasteiger charge is -2.19. The van der Waals surface area contributed by atoms with Gasteiger partial charge in [0.15, 0.2) is 10.9 Å². The van der Waals surface area contributed by atoms with Crippen molar-refractivity contribution in [2.24, 2.45) is 0 Å². The normalized spacial score (nSPS) is 10.7. The second-order valence-electron chi connectivity index (χ2n) is 6.39. The molecular weight excluding hydrogens is 410 g/mol. The number of carbonyl (C=O) groups excluding carboxylic acids is 2. The minimum atomic E-state index is -0.438. The monoisotopic (exact) mass is 435 g/mol. The van der Waals surface area contributed by atoms with Gasteiger partial charge in [-0.3, -0.25) is 4.79 Å². The first-order chi connectivity index (χ1) is 13.9. The topological polar surface area (TPSA) is 72.4 Å². The van der Waals surface area contributed by atoms with E-state index in [9.17, 15) is 9.59 Å².